The number of primary amides is 1. The molecule has 0 unspecified atom stereocenters. The minimum atomic E-state index is -4.69. The molecule has 2 aromatic rings. The number of aromatic nitrogens is 1. The van der Waals surface area contributed by atoms with Crippen LogP contribution in [0.15, 0.2) is 48.8 Å². The SMILES string of the molecule is CC(C)C[C@@H](C(N)=O)N(CC#N)[C@@H](c1ccc(-c2ccncc2)cc1)C(F)(F)F. The standard InChI is InChI=1S/C21H23F3N4O/c1-14(2)13-18(20(26)29)28(12-9-25)19(21(22,23)24)17-5-3-15(4-6-17)16-7-10-27-11-8-16/h3-8,10-11,14,18-19H,12-13H2,1-2H3,(H2,26,29)/t18-,19-/m0/s1. The summed E-state index contributed by atoms with van der Waals surface area (Å²) in [6.07, 6.45) is -1.38. The van der Waals surface area contributed by atoms with Crippen molar-refractivity contribution in [1.82, 2.24) is 9.88 Å². The molecule has 0 spiro atoms. The van der Waals surface area contributed by atoms with E-state index in [2.05, 4.69) is 4.98 Å². The number of amides is 1. The molecular formula is C21H23F3N4O. The molecule has 0 aliphatic heterocycles. The van der Waals surface area contributed by atoms with E-state index in [0.29, 0.717) is 0 Å². The highest BCUT2D eigenvalue weighted by atomic mass is 19.4. The van der Waals surface area contributed by atoms with E-state index in [-0.39, 0.29) is 17.9 Å². The molecule has 0 aliphatic carbocycles. The van der Waals surface area contributed by atoms with Crippen LogP contribution in [0.1, 0.15) is 31.9 Å². The monoisotopic (exact) mass is 404 g/mol. The maximum atomic E-state index is 14.1. The molecule has 5 nitrogen and oxygen atoms in total. The van der Waals surface area contributed by atoms with Gasteiger partial charge in [-0.05, 0) is 41.2 Å². The summed E-state index contributed by atoms with van der Waals surface area (Å²) in [7, 11) is 0. The van der Waals surface area contributed by atoms with Crippen molar-refractivity contribution in [3.8, 4) is 17.2 Å². The van der Waals surface area contributed by atoms with Gasteiger partial charge < -0.3 is 5.73 Å². The number of halogens is 3. The number of carbonyl (C=O) groups is 1. The number of pyridine rings is 1. The average Bonchev–Trinajstić information content (AvgIpc) is 2.66. The predicted molar refractivity (Wildman–Crippen MR) is 103 cm³/mol. The fourth-order valence-electron chi connectivity index (χ4n) is 3.30. The summed E-state index contributed by atoms with van der Waals surface area (Å²) in [5.41, 5.74) is 6.91. The Hall–Kier alpha value is -2.92. The molecule has 0 saturated carbocycles. The Morgan fingerprint density at radius 2 is 1.69 bits per heavy atom. The molecule has 0 fully saturated rings. The fourth-order valence-corrected chi connectivity index (χ4v) is 3.30. The molecule has 1 aromatic carbocycles. The van der Waals surface area contributed by atoms with Crippen LogP contribution in [0.4, 0.5) is 13.2 Å². The number of hydrogen-bond donors (Lipinski definition) is 1. The number of alkyl halides is 3. The van der Waals surface area contributed by atoms with E-state index >= 15 is 0 Å². The van der Waals surface area contributed by atoms with Crippen LogP contribution in [0, 0.1) is 17.2 Å². The summed E-state index contributed by atoms with van der Waals surface area (Å²) in [6, 6.07) is 7.82. The smallest absolute Gasteiger partial charge is 0.368 e. The van der Waals surface area contributed by atoms with Crippen LogP contribution < -0.4 is 5.73 Å². The number of rotatable bonds is 8. The van der Waals surface area contributed by atoms with E-state index < -0.39 is 30.7 Å². The zero-order valence-corrected chi connectivity index (χ0v) is 16.2. The predicted octanol–water partition coefficient (Wildman–Crippen LogP) is 4.08. The number of nitrogens with two attached hydrogens (primary N) is 1. The number of hydrogen-bond acceptors (Lipinski definition) is 4. The van der Waals surface area contributed by atoms with Gasteiger partial charge in [-0.3, -0.25) is 14.7 Å². The van der Waals surface area contributed by atoms with Crippen LogP contribution in [0.3, 0.4) is 0 Å². The van der Waals surface area contributed by atoms with Crippen LogP contribution in [-0.4, -0.2) is 34.6 Å². The van der Waals surface area contributed by atoms with Crippen molar-refractivity contribution < 1.29 is 18.0 Å². The van der Waals surface area contributed by atoms with Crippen LogP contribution in [-0.2, 0) is 4.79 Å². The van der Waals surface area contributed by atoms with Gasteiger partial charge in [-0.2, -0.15) is 18.4 Å². The van der Waals surface area contributed by atoms with Crippen LogP contribution in [0.5, 0.6) is 0 Å². The second-order valence-electron chi connectivity index (χ2n) is 7.18. The first-order chi connectivity index (χ1) is 13.6. The minimum Gasteiger partial charge on any atom is -0.368 e. The van der Waals surface area contributed by atoms with Crippen LogP contribution in [0.2, 0.25) is 0 Å². The molecule has 0 saturated heterocycles. The van der Waals surface area contributed by atoms with Crippen molar-refractivity contribution in [1.29, 1.82) is 5.26 Å². The third-order valence-corrected chi connectivity index (χ3v) is 4.56. The van der Waals surface area contributed by atoms with Crippen molar-refractivity contribution in [2.45, 2.75) is 38.5 Å². The summed E-state index contributed by atoms with van der Waals surface area (Å²) in [5.74, 6) is -0.951. The Morgan fingerprint density at radius 3 is 2.14 bits per heavy atom. The van der Waals surface area contributed by atoms with Gasteiger partial charge in [0.2, 0.25) is 5.91 Å². The van der Waals surface area contributed by atoms with Gasteiger partial charge in [0.05, 0.1) is 18.7 Å². The zero-order valence-electron chi connectivity index (χ0n) is 16.2. The summed E-state index contributed by atoms with van der Waals surface area (Å²) in [4.78, 5) is 16.7. The maximum Gasteiger partial charge on any atom is 0.408 e. The first-order valence-electron chi connectivity index (χ1n) is 9.14. The molecular weight excluding hydrogens is 381 g/mol. The van der Waals surface area contributed by atoms with Crippen molar-refractivity contribution in [3.05, 3.63) is 54.4 Å². The largest absolute Gasteiger partial charge is 0.408 e. The molecule has 2 N–H and O–H groups in total. The first-order valence-corrected chi connectivity index (χ1v) is 9.14. The Bertz CT molecular complexity index is 845. The quantitative estimate of drug-likeness (QED) is 0.672. The molecule has 0 bridgehead atoms. The van der Waals surface area contributed by atoms with Gasteiger partial charge in [-0.15, -0.1) is 0 Å². The maximum absolute atomic E-state index is 14.1. The number of benzene rings is 1. The molecule has 2 rings (SSSR count). The third kappa shape index (κ3) is 5.78. The van der Waals surface area contributed by atoms with E-state index in [1.807, 2.05) is 0 Å². The molecule has 154 valence electrons. The Kier molecular flexibility index (Phi) is 7.35. The van der Waals surface area contributed by atoms with Gasteiger partial charge in [-0.1, -0.05) is 38.1 Å². The average molecular weight is 404 g/mol. The van der Waals surface area contributed by atoms with Gasteiger partial charge in [0.15, 0.2) is 0 Å². The highest BCUT2D eigenvalue weighted by Crippen LogP contribution is 2.40. The van der Waals surface area contributed by atoms with Gasteiger partial charge in [0.25, 0.3) is 0 Å². The van der Waals surface area contributed by atoms with E-state index in [1.165, 1.54) is 12.1 Å². The van der Waals surface area contributed by atoms with Crippen LogP contribution in [0.25, 0.3) is 11.1 Å². The second kappa shape index (κ2) is 9.52. The lowest BCUT2D eigenvalue weighted by Gasteiger charge is -2.37. The number of nitrogens with zero attached hydrogens (tertiary/aromatic N) is 3. The van der Waals surface area contributed by atoms with Crippen LogP contribution >= 0.6 is 0 Å². The van der Waals surface area contributed by atoms with Crippen molar-refractivity contribution in [2.24, 2.45) is 11.7 Å². The molecule has 0 radical (unpaired) electrons. The third-order valence-electron chi connectivity index (χ3n) is 4.56. The first kappa shape index (κ1) is 22.4. The van der Waals surface area contributed by atoms with Gasteiger partial charge in [-0.25, -0.2) is 0 Å². The molecule has 8 heteroatoms. The molecule has 0 aliphatic rings. The Morgan fingerprint density at radius 1 is 1.14 bits per heavy atom. The summed E-state index contributed by atoms with van der Waals surface area (Å²) in [5, 5.41) is 9.14. The molecule has 1 aromatic heterocycles. The van der Waals surface area contributed by atoms with Gasteiger partial charge in [0.1, 0.15) is 6.04 Å². The minimum absolute atomic E-state index is 0.0550. The summed E-state index contributed by atoms with van der Waals surface area (Å²) < 4.78 is 42.2. The van der Waals surface area contributed by atoms with E-state index in [0.717, 1.165) is 16.0 Å². The van der Waals surface area contributed by atoms with Gasteiger partial charge >= 0.3 is 6.18 Å². The Labute approximate surface area is 168 Å². The lowest BCUT2D eigenvalue weighted by molar-refractivity contribution is -0.192. The number of nitriles is 1. The molecule has 2 atom stereocenters. The van der Waals surface area contributed by atoms with Crippen molar-refractivity contribution in [2.75, 3.05) is 6.54 Å². The lowest BCUT2D eigenvalue weighted by Crippen LogP contribution is -2.51. The van der Waals surface area contributed by atoms with Crippen molar-refractivity contribution in [3.63, 3.8) is 0 Å². The van der Waals surface area contributed by atoms with E-state index in [4.69, 9.17) is 11.0 Å². The summed E-state index contributed by atoms with van der Waals surface area (Å²) in [6.45, 7) is 3.00. The van der Waals surface area contributed by atoms with Crippen molar-refractivity contribution >= 4 is 5.91 Å². The highest BCUT2D eigenvalue weighted by Gasteiger charge is 2.47. The lowest BCUT2D eigenvalue weighted by atomic mass is 9.95. The molecule has 1 amide bonds. The van der Waals surface area contributed by atoms with E-state index in [9.17, 15) is 18.0 Å². The van der Waals surface area contributed by atoms with E-state index in [1.54, 1.807) is 56.6 Å². The Balaban J connectivity index is 2.48. The normalized spacial score (nSPS) is 13.9. The molecule has 29 heavy (non-hydrogen) atoms. The zero-order chi connectivity index (χ0) is 21.6. The molecule has 1 heterocycles. The highest BCUT2D eigenvalue weighted by molar-refractivity contribution is 5.80. The number of carbonyl (C=O) groups excluding carboxylic acids is 1. The second-order valence-corrected chi connectivity index (χ2v) is 7.18. The fraction of sp³-hybridized carbons (Fsp3) is 0.381. The van der Waals surface area contributed by atoms with Gasteiger partial charge in [0, 0.05) is 12.4 Å². The summed E-state index contributed by atoms with van der Waals surface area (Å²) >= 11 is 0. The topological polar surface area (TPSA) is 83.0 Å².